The van der Waals surface area contributed by atoms with Gasteiger partial charge in [-0.3, -0.25) is 14.6 Å². The van der Waals surface area contributed by atoms with Crippen LogP contribution in [0, 0.1) is 0 Å². The zero-order chi connectivity index (χ0) is 18.4. The van der Waals surface area contributed by atoms with E-state index in [1.807, 2.05) is 43.3 Å². The number of nitrogens with zero attached hydrogens (tertiary/aromatic N) is 2. The molecule has 0 bridgehead atoms. The summed E-state index contributed by atoms with van der Waals surface area (Å²) in [5, 5.41) is 0. The third-order valence-corrected chi connectivity index (χ3v) is 5.27. The van der Waals surface area contributed by atoms with Crippen molar-refractivity contribution in [1.29, 1.82) is 0 Å². The quantitative estimate of drug-likeness (QED) is 0.716. The van der Waals surface area contributed by atoms with Gasteiger partial charge in [-0.05, 0) is 12.5 Å². The first-order valence-electron chi connectivity index (χ1n) is 9.32. The van der Waals surface area contributed by atoms with Crippen LogP contribution in [0.3, 0.4) is 0 Å². The molecule has 4 heteroatoms. The summed E-state index contributed by atoms with van der Waals surface area (Å²) in [4.78, 5) is 17.4. The molecule has 0 spiro atoms. The average molecular weight is 352 g/mol. The van der Waals surface area contributed by atoms with Crippen LogP contribution in [0.25, 0.3) is 0 Å². The Kier molecular flexibility index (Phi) is 6.56. The molecule has 138 valence electrons. The molecule has 1 aliphatic rings. The monoisotopic (exact) mass is 352 g/mol. The normalized spacial score (nSPS) is 18.4. The molecule has 0 amide bonds. The minimum atomic E-state index is -0.0769. The summed E-state index contributed by atoms with van der Waals surface area (Å²) >= 11 is 0. The van der Waals surface area contributed by atoms with E-state index < -0.39 is 0 Å². The topological polar surface area (TPSA) is 32.8 Å². The van der Waals surface area contributed by atoms with Gasteiger partial charge in [-0.2, -0.15) is 0 Å². The van der Waals surface area contributed by atoms with Gasteiger partial charge in [0.25, 0.3) is 0 Å². The third kappa shape index (κ3) is 4.58. The first kappa shape index (κ1) is 18.8. The maximum absolute atomic E-state index is 12.7. The van der Waals surface area contributed by atoms with Gasteiger partial charge in [-0.25, -0.2) is 0 Å². The Bertz CT molecular complexity index is 682. The number of hydrogen-bond acceptors (Lipinski definition) is 4. The first-order chi connectivity index (χ1) is 12.7. The molecule has 2 aromatic rings. The highest BCUT2D eigenvalue weighted by Crippen LogP contribution is 2.19. The molecule has 0 radical (unpaired) electrons. The van der Waals surface area contributed by atoms with E-state index in [1.54, 1.807) is 7.11 Å². The number of ether oxygens (including phenoxy) is 1. The van der Waals surface area contributed by atoms with Crippen molar-refractivity contribution in [3.05, 3.63) is 71.8 Å². The second-order valence-corrected chi connectivity index (χ2v) is 6.88. The lowest BCUT2D eigenvalue weighted by molar-refractivity contribution is 0.0335. The van der Waals surface area contributed by atoms with Crippen LogP contribution in [0.2, 0.25) is 0 Å². The molecule has 2 atom stereocenters. The SMILES string of the molecule is COC(CN1CCN(C(C)C(=O)c2ccccc2)CC1)c1ccccc1. The van der Waals surface area contributed by atoms with Crippen molar-refractivity contribution in [1.82, 2.24) is 9.80 Å². The van der Waals surface area contributed by atoms with Crippen molar-refractivity contribution in [3.8, 4) is 0 Å². The number of benzene rings is 2. The molecule has 3 rings (SSSR count). The second kappa shape index (κ2) is 9.08. The first-order valence-corrected chi connectivity index (χ1v) is 9.32. The van der Waals surface area contributed by atoms with Gasteiger partial charge in [0.1, 0.15) is 0 Å². The highest BCUT2D eigenvalue weighted by atomic mass is 16.5. The van der Waals surface area contributed by atoms with E-state index in [9.17, 15) is 4.79 Å². The molecule has 1 fully saturated rings. The molecule has 0 aliphatic carbocycles. The zero-order valence-corrected chi connectivity index (χ0v) is 15.7. The Labute approximate surface area is 156 Å². The summed E-state index contributed by atoms with van der Waals surface area (Å²) in [5.74, 6) is 0.207. The maximum Gasteiger partial charge on any atom is 0.179 e. The fraction of sp³-hybridized carbons (Fsp3) is 0.409. The number of hydrogen-bond donors (Lipinski definition) is 0. The van der Waals surface area contributed by atoms with Crippen molar-refractivity contribution in [3.63, 3.8) is 0 Å². The number of methoxy groups -OCH3 is 1. The van der Waals surface area contributed by atoms with Gasteiger partial charge in [0.15, 0.2) is 5.78 Å². The van der Waals surface area contributed by atoms with Crippen LogP contribution in [0.1, 0.15) is 28.9 Å². The van der Waals surface area contributed by atoms with Crippen LogP contribution in [0.15, 0.2) is 60.7 Å². The van der Waals surface area contributed by atoms with Crippen LogP contribution < -0.4 is 0 Å². The molecule has 4 nitrogen and oxygen atoms in total. The predicted octanol–water partition coefficient (Wildman–Crippen LogP) is 3.26. The Hall–Kier alpha value is -2.01. The van der Waals surface area contributed by atoms with Gasteiger partial charge in [0.2, 0.25) is 0 Å². The van der Waals surface area contributed by atoms with Gasteiger partial charge in [0.05, 0.1) is 12.1 Å². The van der Waals surface area contributed by atoms with Gasteiger partial charge < -0.3 is 4.74 Å². The standard InChI is InChI=1S/C22H28N2O2/c1-18(22(25)20-11-7-4-8-12-20)24-15-13-23(14-16-24)17-21(26-2)19-9-5-3-6-10-19/h3-12,18,21H,13-17H2,1-2H3. The van der Waals surface area contributed by atoms with Crippen molar-refractivity contribution in [2.45, 2.75) is 19.1 Å². The minimum Gasteiger partial charge on any atom is -0.375 e. The van der Waals surface area contributed by atoms with Crippen molar-refractivity contribution in [2.75, 3.05) is 39.8 Å². The van der Waals surface area contributed by atoms with Crippen molar-refractivity contribution < 1.29 is 9.53 Å². The Balaban J connectivity index is 1.53. The molecule has 2 aromatic carbocycles. The van der Waals surface area contributed by atoms with Gasteiger partial charge >= 0.3 is 0 Å². The Morgan fingerprint density at radius 3 is 2.12 bits per heavy atom. The summed E-state index contributed by atoms with van der Waals surface area (Å²) in [6.45, 7) is 6.64. The van der Waals surface area contributed by atoms with Crippen LogP contribution >= 0.6 is 0 Å². The van der Waals surface area contributed by atoms with E-state index in [0.29, 0.717) is 0 Å². The van der Waals surface area contributed by atoms with Crippen molar-refractivity contribution >= 4 is 5.78 Å². The van der Waals surface area contributed by atoms with E-state index in [2.05, 4.69) is 34.1 Å². The van der Waals surface area contributed by atoms with E-state index in [1.165, 1.54) is 5.56 Å². The molecule has 2 unspecified atom stereocenters. The van der Waals surface area contributed by atoms with Crippen LogP contribution in [-0.4, -0.2) is 61.5 Å². The summed E-state index contributed by atoms with van der Waals surface area (Å²) in [6, 6.07) is 19.9. The van der Waals surface area contributed by atoms with E-state index in [-0.39, 0.29) is 17.9 Å². The molecule has 1 saturated heterocycles. The number of carbonyl (C=O) groups excluding carboxylic acids is 1. The average Bonchev–Trinajstić information content (AvgIpc) is 2.72. The lowest BCUT2D eigenvalue weighted by Gasteiger charge is -2.38. The smallest absolute Gasteiger partial charge is 0.179 e. The summed E-state index contributed by atoms with van der Waals surface area (Å²) < 4.78 is 5.70. The molecule has 0 N–H and O–H groups in total. The highest BCUT2D eigenvalue weighted by molar-refractivity contribution is 5.99. The summed E-state index contributed by atoms with van der Waals surface area (Å²) in [5.41, 5.74) is 2.01. The fourth-order valence-electron chi connectivity index (χ4n) is 3.56. The lowest BCUT2D eigenvalue weighted by Crippen LogP contribution is -2.52. The molecule has 26 heavy (non-hydrogen) atoms. The number of Topliss-reactive ketones (excluding diaryl/α,β-unsaturated/α-hetero) is 1. The molecular weight excluding hydrogens is 324 g/mol. The predicted molar refractivity (Wildman–Crippen MR) is 104 cm³/mol. The van der Waals surface area contributed by atoms with Crippen LogP contribution in [0.5, 0.6) is 0 Å². The van der Waals surface area contributed by atoms with Gasteiger partial charge in [0, 0.05) is 45.4 Å². The second-order valence-electron chi connectivity index (χ2n) is 6.88. The molecule has 1 heterocycles. The van der Waals surface area contributed by atoms with Gasteiger partial charge in [-0.15, -0.1) is 0 Å². The summed E-state index contributed by atoms with van der Waals surface area (Å²) in [7, 11) is 1.77. The zero-order valence-electron chi connectivity index (χ0n) is 15.7. The molecule has 0 aromatic heterocycles. The summed E-state index contributed by atoms with van der Waals surface area (Å²) in [6.07, 6.45) is 0.0890. The Morgan fingerprint density at radius 2 is 1.54 bits per heavy atom. The molecule has 1 aliphatic heterocycles. The number of carbonyl (C=O) groups is 1. The van der Waals surface area contributed by atoms with Crippen LogP contribution in [-0.2, 0) is 4.74 Å². The lowest BCUT2D eigenvalue weighted by atomic mass is 10.0. The third-order valence-electron chi connectivity index (χ3n) is 5.27. The van der Waals surface area contributed by atoms with E-state index >= 15 is 0 Å². The van der Waals surface area contributed by atoms with Gasteiger partial charge in [-0.1, -0.05) is 60.7 Å². The number of rotatable bonds is 7. The molecular formula is C22H28N2O2. The van der Waals surface area contributed by atoms with E-state index in [0.717, 1.165) is 38.3 Å². The fourth-order valence-corrected chi connectivity index (χ4v) is 3.56. The largest absolute Gasteiger partial charge is 0.375 e. The van der Waals surface area contributed by atoms with Crippen LogP contribution in [0.4, 0.5) is 0 Å². The minimum absolute atomic E-state index is 0.0769. The number of piperazine rings is 1. The van der Waals surface area contributed by atoms with E-state index in [4.69, 9.17) is 4.74 Å². The highest BCUT2D eigenvalue weighted by Gasteiger charge is 2.27. The number of ketones is 1. The molecule has 0 saturated carbocycles. The Morgan fingerprint density at radius 1 is 0.962 bits per heavy atom. The maximum atomic E-state index is 12.7. The van der Waals surface area contributed by atoms with Crippen molar-refractivity contribution in [2.24, 2.45) is 0 Å².